The molecule has 0 amide bonds. The van der Waals surface area contributed by atoms with Gasteiger partial charge in [-0.2, -0.15) is 10.5 Å². The Hall–Kier alpha value is -16.4. The smallest absolute Gasteiger partial charge is 0.0999 e. The lowest BCUT2D eigenvalue weighted by Gasteiger charge is -2.26. The number of hydrogen-bond donors (Lipinski definition) is 0. The minimum atomic E-state index is -0.378. The Morgan fingerprint density at radius 2 is 0.507 bits per heavy atom. The Balaban J connectivity index is 0.665. The van der Waals surface area contributed by atoms with Crippen LogP contribution < -0.4 is 0 Å². The monoisotopic (exact) mass is 1720 g/mol. The second-order valence-electron chi connectivity index (χ2n) is 40.1. The van der Waals surface area contributed by atoms with Gasteiger partial charge in [0.25, 0.3) is 0 Å². The summed E-state index contributed by atoms with van der Waals surface area (Å²) in [6, 6.07) is 140. The van der Waals surface area contributed by atoms with Crippen LogP contribution in [0.25, 0.3) is 210 Å². The number of aromatic nitrogens is 8. The van der Waals surface area contributed by atoms with Crippen LogP contribution in [0.3, 0.4) is 0 Å². The van der Waals surface area contributed by atoms with E-state index in [0.29, 0.717) is 16.8 Å². The molecule has 0 saturated carbocycles. The van der Waals surface area contributed by atoms with Crippen LogP contribution in [0.4, 0.5) is 0 Å². The summed E-state index contributed by atoms with van der Waals surface area (Å²) in [6.07, 6.45) is 0.749. The Bertz CT molecular complexity index is 9030. The van der Waals surface area contributed by atoms with Gasteiger partial charge in [0, 0.05) is 98.3 Å². The van der Waals surface area contributed by atoms with Crippen molar-refractivity contribution in [1.82, 2.24) is 37.4 Å². The van der Waals surface area contributed by atoms with E-state index in [9.17, 15) is 10.5 Å². The van der Waals surface area contributed by atoms with Gasteiger partial charge in [-0.3, -0.25) is 0 Å². The first-order valence-corrected chi connectivity index (χ1v) is 46.5. The van der Waals surface area contributed by atoms with Crippen molar-refractivity contribution in [2.75, 3.05) is 0 Å². The molecule has 0 fully saturated rings. The largest absolute Gasteiger partial charge is 0.309 e. The Labute approximate surface area is 778 Å². The van der Waals surface area contributed by atoms with E-state index in [1.165, 1.54) is 54.7 Å². The summed E-state index contributed by atoms with van der Waals surface area (Å²) < 4.78 is 14.6. The Morgan fingerprint density at radius 3 is 0.881 bits per heavy atom. The topological polar surface area (TPSA) is 103 Å². The third kappa shape index (κ3) is 12.9. The van der Waals surface area contributed by atoms with Crippen molar-refractivity contribution in [2.45, 2.75) is 104 Å². The third-order valence-corrected chi connectivity index (χ3v) is 28.3. The molecule has 10 nitrogen and oxygen atoms in total. The predicted molar refractivity (Wildman–Crippen MR) is 559 cm³/mol. The molecule has 16 aromatic carbocycles. The number of hydrogen-bond acceptors (Lipinski definition) is 4. The molecule has 134 heavy (non-hydrogen) atoms. The molecule has 0 saturated heterocycles. The van der Waals surface area contributed by atoms with Crippen molar-refractivity contribution in [3.63, 3.8) is 0 Å². The van der Waals surface area contributed by atoms with Gasteiger partial charge in [-0.15, -0.1) is 0 Å². The van der Waals surface area contributed by atoms with Crippen molar-refractivity contribution in [3.05, 3.63) is 409 Å². The van der Waals surface area contributed by atoms with E-state index in [2.05, 4.69) is 431 Å². The average Bonchev–Trinajstić information content (AvgIpc) is 1.55. The molecule has 24 rings (SSSR count). The highest BCUT2D eigenvalue weighted by atomic mass is 15.1. The van der Waals surface area contributed by atoms with Crippen LogP contribution in [0.1, 0.15) is 115 Å². The highest BCUT2D eigenvalue weighted by Gasteiger charge is 2.32. The zero-order valence-corrected chi connectivity index (χ0v) is 76.9. The van der Waals surface area contributed by atoms with E-state index in [4.69, 9.17) is 9.97 Å². The number of fused-ring (bicyclic) bond motifs is 18. The van der Waals surface area contributed by atoms with Crippen molar-refractivity contribution < 1.29 is 0 Å². The molecule has 642 valence electrons. The fraction of sp³-hybridized carbons (Fsp3) is 0.129. The lowest BCUT2D eigenvalue weighted by Crippen LogP contribution is -2.20. The van der Waals surface area contributed by atoms with E-state index in [1.54, 1.807) is 0 Å². The van der Waals surface area contributed by atoms with E-state index >= 15 is 0 Å². The fourth-order valence-electron chi connectivity index (χ4n) is 21.5. The molecule has 0 aliphatic carbocycles. The maximum absolute atomic E-state index is 11.8. The van der Waals surface area contributed by atoms with E-state index in [1.807, 2.05) is 54.6 Å². The molecule has 8 heterocycles. The quantitative estimate of drug-likeness (QED) is 0.115. The molecular formula is C124H96N10. The number of benzene rings is 16. The van der Waals surface area contributed by atoms with Gasteiger partial charge in [0.05, 0.1) is 135 Å². The highest BCUT2D eigenvalue weighted by molar-refractivity contribution is 6.17. The molecule has 0 unspecified atom stereocenters. The normalized spacial score (nSPS) is 12.5. The summed E-state index contributed by atoms with van der Waals surface area (Å²) >= 11 is 0. The second-order valence-corrected chi connectivity index (χ2v) is 40.1. The summed E-state index contributed by atoms with van der Waals surface area (Å²) in [6.45, 7) is 25.5. The molecule has 0 bridgehead atoms. The van der Waals surface area contributed by atoms with Crippen LogP contribution in [-0.4, -0.2) is 37.4 Å². The van der Waals surface area contributed by atoms with Crippen molar-refractivity contribution >= 4 is 131 Å². The first-order chi connectivity index (χ1) is 65.0. The van der Waals surface area contributed by atoms with Gasteiger partial charge in [-0.25, -0.2) is 9.97 Å². The van der Waals surface area contributed by atoms with Gasteiger partial charge in [0.2, 0.25) is 0 Å². The van der Waals surface area contributed by atoms with Crippen LogP contribution >= 0.6 is 0 Å². The van der Waals surface area contributed by atoms with E-state index in [-0.39, 0.29) is 21.7 Å². The summed E-state index contributed by atoms with van der Waals surface area (Å²) in [5.74, 6) is 0. The maximum Gasteiger partial charge on any atom is 0.0999 e. The van der Waals surface area contributed by atoms with Crippen molar-refractivity contribution in [1.29, 1.82) is 10.5 Å². The van der Waals surface area contributed by atoms with Crippen LogP contribution in [0, 0.1) is 22.7 Å². The number of rotatable bonds is 13. The van der Waals surface area contributed by atoms with Crippen molar-refractivity contribution in [3.8, 4) is 91.3 Å². The summed E-state index contributed by atoms with van der Waals surface area (Å²) in [4.78, 5) is 10.8. The van der Waals surface area contributed by atoms with E-state index < -0.39 is 0 Å². The average molecular weight is 1730 g/mol. The summed E-state index contributed by atoms with van der Waals surface area (Å²) in [7, 11) is 0. The summed E-state index contributed by atoms with van der Waals surface area (Å²) in [5, 5.41) is 37.3. The van der Waals surface area contributed by atoms with Crippen LogP contribution in [0.15, 0.2) is 370 Å². The Morgan fingerprint density at radius 1 is 0.224 bits per heavy atom. The predicted octanol–water partition coefficient (Wildman–Crippen LogP) is 31.9. The fourth-order valence-corrected chi connectivity index (χ4v) is 21.5. The van der Waals surface area contributed by atoms with Gasteiger partial charge in [0.1, 0.15) is 0 Å². The molecule has 0 N–H and O–H groups in total. The third-order valence-electron chi connectivity index (χ3n) is 28.3. The molecule has 8 aromatic heterocycles. The van der Waals surface area contributed by atoms with Gasteiger partial charge in [0.15, 0.2) is 0 Å². The zero-order valence-electron chi connectivity index (χ0n) is 76.9. The second kappa shape index (κ2) is 30.3. The van der Waals surface area contributed by atoms with Crippen LogP contribution in [-0.2, 0) is 28.1 Å². The number of nitrogens with zero attached hydrogens (tertiary/aromatic N) is 10. The number of pyridine rings is 2. The van der Waals surface area contributed by atoms with Gasteiger partial charge >= 0.3 is 0 Å². The molecular weight excluding hydrogens is 1630 g/mol. The zero-order chi connectivity index (χ0) is 91.1. The van der Waals surface area contributed by atoms with Crippen molar-refractivity contribution in [2.24, 2.45) is 0 Å². The highest BCUT2D eigenvalue weighted by Crippen LogP contribution is 2.49. The lowest BCUT2D eigenvalue weighted by molar-refractivity contribution is 0.523. The summed E-state index contributed by atoms with van der Waals surface area (Å²) in [5.41, 5.74) is 31.5. The molecule has 10 heteroatoms. The lowest BCUT2D eigenvalue weighted by atomic mass is 9.78. The van der Waals surface area contributed by atoms with E-state index in [0.717, 1.165) is 184 Å². The Kier molecular flexibility index (Phi) is 18.3. The standard InChI is InChI=1S/C124H96N10/c1-121(2,3)81-49-58-111-97(65-81)98-66-82(122(4,5)6)50-59-112(98)131(111)117-63-79(74-125)94(103-41-28-39-101(127-103)77-30-14-12-15-31-77)71-119(117)132-113-60-51-83(123(7,8)9)67-99(113)100-68-84(52-61-114(100)132)124(10,11)73-76-48-57-110-96(62-76)91-38-22-25-45-107(91)130(110)86-54-56-92-89-36-20-26-46-108(89)133(115(92)70-86)118-64-80(75-126)95(104-42-29-40-102(128-104)78-32-16-13-17-33-78)72-120(118)134-109-47-27-21-37-90(109)93-55-53-85(69-116(93)134)129-105-43-23-18-34-87(105)88-35-19-24-44-106(88)129/h12-72H,73H2,1-11H3. The molecule has 0 atom stereocenters. The van der Waals surface area contributed by atoms with Gasteiger partial charge < -0.3 is 27.4 Å². The van der Waals surface area contributed by atoms with Crippen LogP contribution in [0.5, 0.6) is 0 Å². The van der Waals surface area contributed by atoms with Gasteiger partial charge in [-0.1, -0.05) is 282 Å². The molecule has 0 aliphatic heterocycles. The first kappa shape index (κ1) is 80.9. The minimum absolute atomic E-state index is 0.106. The van der Waals surface area contributed by atoms with Crippen LogP contribution in [0.2, 0.25) is 0 Å². The molecule has 0 aliphatic rings. The molecule has 24 aromatic rings. The molecule has 0 radical (unpaired) electrons. The SMILES string of the molecule is CC(C)(C)c1ccc2c(c1)c1cc(C(C)(C)C)ccc1n2-c1cc(C#N)c(-c2cccc(-c3ccccc3)n2)cc1-n1c2ccc(C(C)(C)C)cc2c2cc(C(C)(C)Cc3ccc4c(c3)c3ccccc3n4-c3ccc4c5ccccc5n(-c5cc(C#N)c(-c6cccc(-c7ccccc7)n6)cc5-n5c6ccccc6c6ccc(-n7c8ccccc8c8ccccc87)cc65)c4c3)ccc21. The number of para-hydroxylation sites is 5. The number of nitriles is 2. The minimum Gasteiger partial charge on any atom is -0.309 e. The van der Waals surface area contributed by atoms with Gasteiger partial charge in [-0.05, 0) is 220 Å². The first-order valence-electron chi connectivity index (χ1n) is 46.5. The maximum atomic E-state index is 11.8. The molecule has 0 spiro atoms.